The smallest absolute Gasteiger partial charge is 0.229 e. The fourth-order valence-corrected chi connectivity index (χ4v) is 4.41. The van der Waals surface area contributed by atoms with Crippen LogP contribution in [0.4, 0.5) is 24.7 Å². The summed E-state index contributed by atoms with van der Waals surface area (Å²) in [5.74, 6) is -1.96. The maximum absolute atomic E-state index is 13.8. The number of piperidine rings is 1. The molecule has 0 bridgehead atoms. The predicted octanol–water partition coefficient (Wildman–Crippen LogP) is 2.80. The van der Waals surface area contributed by atoms with Gasteiger partial charge in [-0.25, -0.2) is 8.78 Å². The van der Waals surface area contributed by atoms with Gasteiger partial charge in [0, 0.05) is 32.1 Å². The molecule has 2 saturated heterocycles. The van der Waals surface area contributed by atoms with Crippen LogP contribution in [0.25, 0.3) is 0 Å². The van der Waals surface area contributed by atoms with Gasteiger partial charge in [-0.15, -0.1) is 10.2 Å². The van der Waals surface area contributed by atoms with Gasteiger partial charge in [-0.1, -0.05) is 11.3 Å². The van der Waals surface area contributed by atoms with Gasteiger partial charge in [-0.3, -0.25) is 14.5 Å². The number of amides is 2. The lowest BCUT2D eigenvalue weighted by Gasteiger charge is -2.31. The molecule has 2 fully saturated rings. The molecule has 2 aliphatic heterocycles. The molecule has 2 aliphatic rings. The molecule has 7 nitrogen and oxygen atoms in total. The Bertz CT molecular complexity index is 906. The molecule has 1 aromatic heterocycles. The van der Waals surface area contributed by atoms with Crippen molar-refractivity contribution in [3.8, 4) is 0 Å². The van der Waals surface area contributed by atoms with Gasteiger partial charge in [0.1, 0.15) is 11.6 Å². The number of benzene rings is 1. The van der Waals surface area contributed by atoms with Gasteiger partial charge < -0.3 is 10.2 Å². The van der Waals surface area contributed by atoms with Crippen LogP contribution in [-0.2, 0) is 9.59 Å². The topological polar surface area (TPSA) is 78.4 Å². The summed E-state index contributed by atoms with van der Waals surface area (Å²) in [6.07, 6.45) is 2.75. The molecule has 1 aromatic carbocycles. The number of rotatable bonds is 4. The van der Waals surface area contributed by atoms with Crippen LogP contribution in [0.2, 0.25) is 0 Å². The Hall–Kier alpha value is -2.62. The van der Waals surface area contributed by atoms with Crippen LogP contribution in [0.3, 0.4) is 0 Å². The largest absolute Gasteiger partial charge is 0.346 e. The van der Waals surface area contributed by atoms with Crippen LogP contribution in [0.15, 0.2) is 18.2 Å². The Balaban J connectivity index is 1.43. The maximum atomic E-state index is 13.8. The SMILES string of the molecule is O=C(Nc1cc(F)ccc1F)C1CCCN(c2nnc(N3CCCC3=O)s2)C1. The number of anilines is 3. The summed E-state index contributed by atoms with van der Waals surface area (Å²) in [5, 5.41) is 12.0. The summed E-state index contributed by atoms with van der Waals surface area (Å²) >= 11 is 1.33. The molecule has 0 spiro atoms. The van der Waals surface area contributed by atoms with Crippen molar-refractivity contribution in [2.45, 2.75) is 25.7 Å². The van der Waals surface area contributed by atoms with Crippen LogP contribution < -0.4 is 15.1 Å². The highest BCUT2D eigenvalue weighted by atomic mass is 32.1. The van der Waals surface area contributed by atoms with Crippen molar-refractivity contribution >= 4 is 39.1 Å². The van der Waals surface area contributed by atoms with E-state index in [4.69, 9.17) is 0 Å². The summed E-state index contributed by atoms with van der Waals surface area (Å²) in [4.78, 5) is 28.0. The zero-order valence-electron chi connectivity index (χ0n) is 15.0. The van der Waals surface area contributed by atoms with Crippen molar-refractivity contribution < 1.29 is 18.4 Å². The van der Waals surface area contributed by atoms with Gasteiger partial charge >= 0.3 is 0 Å². The molecule has 4 rings (SSSR count). The zero-order valence-corrected chi connectivity index (χ0v) is 15.8. The molecular weight excluding hydrogens is 388 g/mol. The molecule has 3 heterocycles. The van der Waals surface area contributed by atoms with Gasteiger partial charge in [-0.05, 0) is 31.4 Å². The first-order valence-electron chi connectivity index (χ1n) is 9.16. The summed E-state index contributed by atoms with van der Waals surface area (Å²) in [6.45, 7) is 1.78. The third kappa shape index (κ3) is 3.82. The van der Waals surface area contributed by atoms with Crippen LogP contribution in [-0.4, -0.2) is 41.6 Å². The first kappa shape index (κ1) is 18.7. The first-order chi connectivity index (χ1) is 13.5. The summed E-state index contributed by atoms with van der Waals surface area (Å²) < 4.78 is 27.1. The lowest BCUT2D eigenvalue weighted by atomic mass is 9.97. The molecular formula is C18H19F2N5O2S. The Labute approximate surface area is 164 Å². The third-order valence-corrected chi connectivity index (χ3v) is 5.96. The van der Waals surface area contributed by atoms with E-state index in [1.54, 1.807) is 4.90 Å². The number of nitrogens with one attached hydrogen (secondary N) is 1. The number of hydrogen-bond donors (Lipinski definition) is 1. The summed E-state index contributed by atoms with van der Waals surface area (Å²) in [7, 11) is 0. The van der Waals surface area contributed by atoms with E-state index in [-0.39, 0.29) is 23.4 Å². The molecule has 148 valence electrons. The van der Waals surface area contributed by atoms with Gasteiger partial charge in [0.05, 0.1) is 11.6 Å². The van der Waals surface area contributed by atoms with Crippen molar-refractivity contribution in [3.05, 3.63) is 29.8 Å². The van der Waals surface area contributed by atoms with E-state index in [1.165, 1.54) is 11.3 Å². The number of nitrogens with zero attached hydrogens (tertiary/aromatic N) is 4. The van der Waals surface area contributed by atoms with Crippen LogP contribution in [0.1, 0.15) is 25.7 Å². The van der Waals surface area contributed by atoms with Gasteiger partial charge in [-0.2, -0.15) is 0 Å². The van der Waals surface area contributed by atoms with Crippen LogP contribution in [0.5, 0.6) is 0 Å². The molecule has 10 heteroatoms. The Morgan fingerprint density at radius 3 is 2.79 bits per heavy atom. The highest BCUT2D eigenvalue weighted by molar-refractivity contribution is 7.19. The fourth-order valence-electron chi connectivity index (χ4n) is 3.49. The van der Waals surface area contributed by atoms with E-state index in [0.717, 1.165) is 37.6 Å². The van der Waals surface area contributed by atoms with Crippen LogP contribution >= 0.6 is 11.3 Å². The van der Waals surface area contributed by atoms with E-state index in [0.29, 0.717) is 36.2 Å². The standard InChI is InChI=1S/C18H19F2N5O2S/c19-12-5-6-13(20)14(9-12)21-16(27)11-3-1-7-24(10-11)17-22-23-18(28-17)25-8-2-4-15(25)26/h5-6,9,11H,1-4,7-8,10H2,(H,21,27). The van der Waals surface area contributed by atoms with E-state index in [2.05, 4.69) is 15.5 Å². The molecule has 0 aliphatic carbocycles. The number of hydrogen-bond acceptors (Lipinski definition) is 6. The number of carbonyl (C=O) groups is 2. The van der Waals surface area contributed by atoms with Crippen molar-refractivity contribution in [2.75, 3.05) is 34.8 Å². The van der Waals surface area contributed by atoms with Crippen molar-refractivity contribution in [1.29, 1.82) is 0 Å². The normalized spacial score (nSPS) is 19.9. The highest BCUT2D eigenvalue weighted by Gasteiger charge is 2.30. The van der Waals surface area contributed by atoms with E-state index in [9.17, 15) is 18.4 Å². The fraction of sp³-hybridized carbons (Fsp3) is 0.444. The average Bonchev–Trinajstić information content (AvgIpc) is 3.33. The van der Waals surface area contributed by atoms with Gasteiger partial charge in [0.2, 0.25) is 22.1 Å². The molecule has 0 saturated carbocycles. The van der Waals surface area contributed by atoms with E-state index >= 15 is 0 Å². The average molecular weight is 407 g/mol. The lowest BCUT2D eigenvalue weighted by molar-refractivity contribution is -0.120. The second-order valence-corrected chi connectivity index (χ2v) is 7.85. The Morgan fingerprint density at radius 2 is 2.00 bits per heavy atom. The van der Waals surface area contributed by atoms with Gasteiger partial charge in [0.25, 0.3) is 0 Å². The second-order valence-electron chi connectivity index (χ2n) is 6.91. The molecule has 0 radical (unpaired) electrons. The number of halogens is 2. The molecule has 1 unspecified atom stereocenters. The third-order valence-electron chi connectivity index (χ3n) is 4.96. The Kier molecular flexibility index (Phi) is 5.21. The monoisotopic (exact) mass is 407 g/mol. The maximum Gasteiger partial charge on any atom is 0.229 e. The number of aromatic nitrogens is 2. The lowest BCUT2D eigenvalue weighted by Crippen LogP contribution is -2.40. The molecule has 1 N–H and O–H groups in total. The number of carbonyl (C=O) groups excluding carboxylic acids is 2. The summed E-state index contributed by atoms with van der Waals surface area (Å²) in [5.41, 5.74) is -0.159. The molecule has 28 heavy (non-hydrogen) atoms. The molecule has 2 aromatic rings. The van der Waals surface area contributed by atoms with E-state index in [1.807, 2.05) is 4.90 Å². The summed E-state index contributed by atoms with van der Waals surface area (Å²) in [6, 6.07) is 2.96. The highest BCUT2D eigenvalue weighted by Crippen LogP contribution is 2.32. The molecule has 2 amide bonds. The van der Waals surface area contributed by atoms with Gasteiger partial charge in [0.15, 0.2) is 0 Å². The Morgan fingerprint density at radius 1 is 1.18 bits per heavy atom. The molecule has 1 atom stereocenters. The van der Waals surface area contributed by atoms with Crippen molar-refractivity contribution in [2.24, 2.45) is 5.92 Å². The minimum absolute atomic E-state index is 0.0516. The van der Waals surface area contributed by atoms with Crippen molar-refractivity contribution in [1.82, 2.24) is 10.2 Å². The minimum Gasteiger partial charge on any atom is -0.346 e. The second kappa shape index (κ2) is 7.78. The first-order valence-corrected chi connectivity index (χ1v) is 9.97. The van der Waals surface area contributed by atoms with Crippen LogP contribution in [0, 0.1) is 17.6 Å². The van der Waals surface area contributed by atoms with E-state index < -0.39 is 11.6 Å². The minimum atomic E-state index is -0.675. The quantitative estimate of drug-likeness (QED) is 0.843. The zero-order chi connectivity index (χ0) is 19.7. The van der Waals surface area contributed by atoms with Crippen molar-refractivity contribution in [3.63, 3.8) is 0 Å². The predicted molar refractivity (Wildman–Crippen MR) is 101 cm³/mol.